The van der Waals surface area contributed by atoms with E-state index >= 15 is 0 Å². The lowest BCUT2D eigenvalue weighted by atomic mass is 10.1. The average Bonchev–Trinajstić information content (AvgIpc) is 2.69. The predicted octanol–water partition coefficient (Wildman–Crippen LogP) is 1.76. The molecule has 0 aliphatic rings. The van der Waals surface area contributed by atoms with Crippen LogP contribution in [0.4, 0.5) is 0 Å². The van der Waals surface area contributed by atoms with Gasteiger partial charge < -0.3 is 4.57 Å². The van der Waals surface area contributed by atoms with Crippen LogP contribution in [0.25, 0.3) is 6.08 Å². The third-order valence-electron chi connectivity index (χ3n) is 2.32. The molecule has 1 aromatic rings. The first-order valence-electron chi connectivity index (χ1n) is 5.33. The highest BCUT2D eigenvalue weighted by atomic mass is 16.1. The van der Waals surface area contributed by atoms with Crippen molar-refractivity contribution in [2.45, 2.75) is 26.2 Å². The Balaban J connectivity index is 2.43. The van der Waals surface area contributed by atoms with E-state index in [0.29, 0.717) is 12.8 Å². The maximum Gasteiger partial charge on any atom is 0.156 e. The second-order valence-electron chi connectivity index (χ2n) is 3.59. The van der Waals surface area contributed by atoms with Gasteiger partial charge in [-0.05, 0) is 12.2 Å². The van der Waals surface area contributed by atoms with Crippen molar-refractivity contribution >= 4 is 17.6 Å². The Labute approximate surface area is 95.0 Å². The number of aromatic nitrogens is 2. The highest BCUT2D eigenvalue weighted by molar-refractivity contribution is 5.95. The summed E-state index contributed by atoms with van der Waals surface area (Å²) in [5.74, 6) is 0.818. The van der Waals surface area contributed by atoms with Gasteiger partial charge in [-0.3, -0.25) is 9.59 Å². The quantitative estimate of drug-likeness (QED) is 0.686. The van der Waals surface area contributed by atoms with Gasteiger partial charge in [-0.25, -0.2) is 4.98 Å². The van der Waals surface area contributed by atoms with Crippen molar-refractivity contribution < 1.29 is 9.59 Å². The molecule has 0 radical (unpaired) electrons. The number of ketones is 2. The predicted molar refractivity (Wildman–Crippen MR) is 61.8 cm³/mol. The zero-order valence-corrected chi connectivity index (χ0v) is 9.64. The molecule has 4 nitrogen and oxygen atoms in total. The second kappa shape index (κ2) is 6.00. The number of Topliss-reactive ketones (excluding diaryl/α,β-unsaturated/α-hetero) is 1. The van der Waals surface area contributed by atoms with Crippen LogP contribution in [0.5, 0.6) is 0 Å². The third-order valence-corrected chi connectivity index (χ3v) is 2.32. The van der Waals surface area contributed by atoms with Crippen LogP contribution in [-0.4, -0.2) is 21.1 Å². The van der Waals surface area contributed by atoms with E-state index in [0.717, 1.165) is 5.82 Å². The molecule has 0 fully saturated rings. The Morgan fingerprint density at radius 1 is 1.44 bits per heavy atom. The van der Waals surface area contributed by atoms with Gasteiger partial charge in [0.1, 0.15) is 11.6 Å². The molecule has 0 unspecified atom stereocenters. The Hall–Kier alpha value is -1.71. The van der Waals surface area contributed by atoms with E-state index in [1.54, 1.807) is 19.2 Å². The Kier molecular flexibility index (Phi) is 4.64. The van der Waals surface area contributed by atoms with Crippen LogP contribution >= 0.6 is 0 Å². The lowest BCUT2D eigenvalue weighted by Gasteiger charge is -1.95. The van der Waals surface area contributed by atoms with E-state index in [4.69, 9.17) is 0 Å². The molecule has 1 aromatic heterocycles. The van der Waals surface area contributed by atoms with Gasteiger partial charge in [0, 0.05) is 38.7 Å². The number of nitrogens with zero attached hydrogens (tertiary/aromatic N) is 2. The van der Waals surface area contributed by atoms with Crippen LogP contribution in [0.2, 0.25) is 0 Å². The second-order valence-corrected chi connectivity index (χ2v) is 3.59. The van der Waals surface area contributed by atoms with Crippen LogP contribution in [0, 0.1) is 0 Å². The van der Waals surface area contributed by atoms with Gasteiger partial charge in [0.2, 0.25) is 0 Å². The smallest absolute Gasteiger partial charge is 0.156 e. The standard InChI is InChI=1S/C12H16N2O2/c1-3-10(15)4-5-11(16)6-7-12-13-8-9-14(12)2/h6-9H,3-5H2,1-2H3/b7-6+. The minimum Gasteiger partial charge on any atom is -0.335 e. The lowest BCUT2D eigenvalue weighted by molar-refractivity contribution is -0.122. The summed E-state index contributed by atoms with van der Waals surface area (Å²) < 4.78 is 1.82. The topological polar surface area (TPSA) is 52.0 Å². The summed E-state index contributed by atoms with van der Waals surface area (Å²) in [6.07, 6.45) is 7.74. The number of hydrogen-bond acceptors (Lipinski definition) is 3. The molecule has 0 amide bonds. The summed E-state index contributed by atoms with van der Waals surface area (Å²) >= 11 is 0. The summed E-state index contributed by atoms with van der Waals surface area (Å²) in [6.45, 7) is 1.80. The molecule has 0 spiro atoms. The molecule has 16 heavy (non-hydrogen) atoms. The summed E-state index contributed by atoms with van der Waals surface area (Å²) in [5.41, 5.74) is 0. The van der Waals surface area contributed by atoms with Crippen LogP contribution in [0.15, 0.2) is 18.5 Å². The number of allylic oxidation sites excluding steroid dienone is 1. The van der Waals surface area contributed by atoms with Gasteiger partial charge in [0.15, 0.2) is 5.78 Å². The molecule has 0 aliphatic heterocycles. The van der Waals surface area contributed by atoms with E-state index in [2.05, 4.69) is 4.98 Å². The van der Waals surface area contributed by atoms with Crippen LogP contribution in [-0.2, 0) is 16.6 Å². The Morgan fingerprint density at radius 2 is 2.19 bits per heavy atom. The van der Waals surface area contributed by atoms with Crippen molar-refractivity contribution in [1.82, 2.24) is 9.55 Å². The number of carbonyl (C=O) groups is 2. The molecule has 0 saturated heterocycles. The van der Waals surface area contributed by atoms with Gasteiger partial charge >= 0.3 is 0 Å². The first kappa shape index (κ1) is 12.4. The zero-order chi connectivity index (χ0) is 12.0. The van der Waals surface area contributed by atoms with Crippen molar-refractivity contribution in [3.05, 3.63) is 24.3 Å². The Morgan fingerprint density at radius 3 is 2.75 bits per heavy atom. The normalized spacial score (nSPS) is 10.9. The summed E-state index contributed by atoms with van der Waals surface area (Å²) in [5, 5.41) is 0. The van der Waals surface area contributed by atoms with Gasteiger partial charge in [0.25, 0.3) is 0 Å². The summed E-state index contributed by atoms with van der Waals surface area (Å²) in [4.78, 5) is 26.5. The molecule has 0 bridgehead atoms. The minimum atomic E-state index is -0.0372. The van der Waals surface area contributed by atoms with Crippen LogP contribution in [0.3, 0.4) is 0 Å². The minimum absolute atomic E-state index is 0.0372. The Bertz CT molecular complexity index is 405. The molecular formula is C12H16N2O2. The van der Waals surface area contributed by atoms with Gasteiger partial charge in [-0.1, -0.05) is 6.92 Å². The van der Waals surface area contributed by atoms with Crippen molar-refractivity contribution in [3.8, 4) is 0 Å². The first-order chi connectivity index (χ1) is 7.63. The fraction of sp³-hybridized carbons (Fsp3) is 0.417. The van der Waals surface area contributed by atoms with Crippen molar-refractivity contribution in [3.63, 3.8) is 0 Å². The van der Waals surface area contributed by atoms with Gasteiger partial charge in [0.05, 0.1) is 0 Å². The van der Waals surface area contributed by atoms with E-state index in [1.807, 2.05) is 17.8 Å². The average molecular weight is 220 g/mol. The molecule has 0 aliphatic carbocycles. The molecule has 86 valence electrons. The summed E-state index contributed by atoms with van der Waals surface area (Å²) in [7, 11) is 1.86. The largest absolute Gasteiger partial charge is 0.335 e. The van der Waals surface area contributed by atoms with Crippen LogP contribution < -0.4 is 0 Å². The maximum absolute atomic E-state index is 11.4. The van der Waals surface area contributed by atoms with Gasteiger partial charge in [-0.15, -0.1) is 0 Å². The number of hydrogen-bond donors (Lipinski definition) is 0. The summed E-state index contributed by atoms with van der Waals surface area (Å²) in [6, 6.07) is 0. The maximum atomic E-state index is 11.4. The molecule has 4 heteroatoms. The molecule has 0 saturated carbocycles. The fourth-order valence-electron chi connectivity index (χ4n) is 1.23. The fourth-order valence-corrected chi connectivity index (χ4v) is 1.23. The van der Waals surface area contributed by atoms with Crippen molar-refractivity contribution in [2.24, 2.45) is 7.05 Å². The third kappa shape index (κ3) is 3.81. The van der Waals surface area contributed by atoms with E-state index in [9.17, 15) is 9.59 Å². The number of aryl methyl sites for hydroxylation is 1. The van der Waals surface area contributed by atoms with Crippen molar-refractivity contribution in [2.75, 3.05) is 0 Å². The van der Waals surface area contributed by atoms with Crippen LogP contribution in [0.1, 0.15) is 32.0 Å². The highest BCUT2D eigenvalue weighted by Crippen LogP contribution is 2.01. The molecule has 0 aromatic carbocycles. The SMILES string of the molecule is CCC(=O)CCC(=O)/C=C/c1nccn1C. The monoisotopic (exact) mass is 220 g/mol. The molecule has 0 atom stereocenters. The molecule has 1 heterocycles. The first-order valence-corrected chi connectivity index (χ1v) is 5.33. The highest BCUT2D eigenvalue weighted by Gasteiger charge is 2.02. The molecule has 0 N–H and O–H groups in total. The number of rotatable bonds is 6. The number of imidazole rings is 1. The van der Waals surface area contributed by atoms with Crippen molar-refractivity contribution in [1.29, 1.82) is 0 Å². The molecular weight excluding hydrogens is 204 g/mol. The zero-order valence-electron chi connectivity index (χ0n) is 9.64. The van der Waals surface area contributed by atoms with E-state index < -0.39 is 0 Å². The van der Waals surface area contributed by atoms with Gasteiger partial charge in [-0.2, -0.15) is 0 Å². The lowest BCUT2D eigenvalue weighted by Crippen LogP contribution is -2.00. The van der Waals surface area contributed by atoms with E-state index in [1.165, 1.54) is 6.08 Å². The number of carbonyl (C=O) groups excluding carboxylic acids is 2. The molecule has 1 rings (SSSR count). The van der Waals surface area contributed by atoms with E-state index in [-0.39, 0.29) is 18.0 Å².